The molecule has 1 heterocycles. The van der Waals surface area contributed by atoms with Gasteiger partial charge < -0.3 is 0 Å². The third-order valence-electron chi connectivity index (χ3n) is 2.21. The van der Waals surface area contributed by atoms with Crippen LogP contribution in [0, 0.1) is 0 Å². The largest absolute Gasteiger partial charge is 0.153 e. The van der Waals surface area contributed by atoms with E-state index in [-0.39, 0.29) is 0 Å². The van der Waals surface area contributed by atoms with Crippen molar-refractivity contribution < 1.29 is 0 Å². The van der Waals surface area contributed by atoms with Gasteiger partial charge in [-0.1, -0.05) is 25.1 Å². The molecular weight excluding hydrogens is 210 g/mol. The molecule has 0 unspecified atom stereocenters. The van der Waals surface area contributed by atoms with Crippen LogP contribution < -0.4 is 0 Å². The van der Waals surface area contributed by atoms with Crippen molar-refractivity contribution in [3.8, 4) is 5.69 Å². The van der Waals surface area contributed by atoms with Crippen LogP contribution in [-0.4, -0.2) is 15.0 Å². The molecule has 0 saturated heterocycles. The fraction of sp³-hybridized carbons (Fsp3) is 0.273. The minimum Gasteiger partial charge on any atom is -0.153 e. The Hall–Kier alpha value is -1.35. The lowest BCUT2D eigenvalue weighted by atomic mass is 10.3. The number of halogens is 1. The molecular formula is C11H12ClN3. The Labute approximate surface area is 93.7 Å². The van der Waals surface area contributed by atoms with E-state index >= 15 is 0 Å². The number of hydrogen-bond donors (Lipinski definition) is 0. The number of nitrogens with zero attached hydrogens (tertiary/aromatic N) is 3. The van der Waals surface area contributed by atoms with Crippen molar-refractivity contribution in [1.29, 1.82) is 0 Å². The molecule has 15 heavy (non-hydrogen) atoms. The van der Waals surface area contributed by atoms with Crippen molar-refractivity contribution in [3.05, 3.63) is 41.7 Å². The molecule has 0 saturated carbocycles. The maximum atomic E-state index is 5.80. The smallest absolute Gasteiger partial charge is 0.101 e. The van der Waals surface area contributed by atoms with E-state index in [0.717, 1.165) is 23.5 Å². The zero-order valence-electron chi connectivity index (χ0n) is 8.52. The molecule has 0 spiro atoms. The monoisotopic (exact) mass is 221 g/mol. The molecule has 0 aliphatic carbocycles. The van der Waals surface area contributed by atoms with Crippen LogP contribution in [0.4, 0.5) is 0 Å². The van der Waals surface area contributed by atoms with E-state index in [0.29, 0.717) is 5.88 Å². The van der Waals surface area contributed by atoms with Crippen molar-refractivity contribution in [3.63, 3.8) is 0 Å². The molecule has 0 N–H and O–H groups in total. The number of alkyl halides is 1. The molecule has 0 fully saturated rings. The first-order valence-corrected chi connectivity index (χ1v) is 5.45. The number of aryl methyl sites for hydroxylation is 1. The van der Waals surface area contributed by atoms with E-state index in [4.69, 9.17) is 11.6 Å². The lowest BCUT2D eigenvalue weighted by Gasteiger charge is -1.96. The Balaban J connectivity index is 2.42. The summed E-state index contributed by atoms with van der Waals surface area (Å²) in [6.07, 6.45) is 0.856. The maximum Gasteiger partial charge on any atom is 0.101 e. The van der Waals surface area contributed by atoms with Crippen LogP contribution >= 0.6 is 11.6 Å². The molecule has 0 radical (unpaired) electrons. The Bertz CT molecular complexity index is 415. The van der Waals surface area contributed by atoms with E-state index < -0.39 is 0 Å². The summed E-state index contributed by atoms with van der Waals surface area (Å²) in [7, 11) is 0. The number of benzene rings is 1. The zero-order chi connectivity index (χ0) is 10.7. The van der Waals surface area contributed by atoms with Gasteiger partial charge in [0.25, 0.3) is 0 Å². The Morgan fingerprint density at radius 3 is 2.33 bits per heavy atom. The average Bonchev–Trinajstić information content (AvgIpc) is 2.73. The fourth-order valence-electron chi connectivity index (χ4n) is 1.42. The highest BCUT2D eigenvalue weighted by molar-refractivity contribution is 6.16. The molecule has 78 valence electrons. The van der Waals surface area contributed by atoms with Crippen LogP contribution in [0.25, 0.3) is 5.69 Å². The first-order valence-electron chi connectivity index (χ1n) is 4.91. The highest BCUT2D eigenvalue weighted by atomic mass is 35.5. The quantitative estimate of drug-likeness (QED) is 0.746. The predicted octanol–water partition coefficient (Wildman–Crippen LogP) is 2.57. The lowest BCUT2D eigenvalue weighted by molar-refractivity contribution is 0.735. The van der Waals surface area contributed by atoms with Crippen LogP contribution in [0.3, 0.4) is 0 Å². The van der Waals surface area contributed by atoms with Gasteiger partial charge in [0.1, 0.15) is 5.69 Å². The van der Waals surface area contributed by atoms with Gasteiger partial charge in [0.2, 0.25) is 0 Å². The van der Waals surface area contributed by atoms with E-state index in [1.165, 1.54) is 0 Å². The summed E-state index contributed by atoms with van der Waals surface area (Å²) in [6.45, 7) is 2.05. The van der Waals surface area contributed by atoms with Gasteiger partial charge in [-0.3, -0.25) is 0 Å². The lowest BCUT2D eigenvalue weighted by Crippen LogP contribution is -1.98. The molecule has 0 atom stereocenters. The molecule has 0 aliphatic rings. The summed E-state index contributed by atoms with van der Waals surface area (Å²) in [4.78, 5) is 1.64. The van der Waals surface area contributed by atoms with Gasteiger partial charge in [-0.2, -0.15) is 15.0 Å². The van der Waals surface area contributed by atoms with Crippen LogP contribution in [-0.2, 0) is 12.3 Å². The van der Waals surface area contributed by atoms with E-state index in [1.807, 2.05) is 30.3 Å². The van der Waals surface area contributed by atoms with E-state index in [1.54, 1.807) is 4.80 Å². The second kappa shape index (κ2) is 4.45. The van der Waals surface area contributed by atoms with Crippen LogP contribution in [0.1, 0.15) is 18.3 Å². The third kappa shape index (κ3) is 2.02. The molecule has 0 amide bonds. The predicted molar refractivity (Wildman–Crippen MR) is 60.3 cm³/mol. The van der Waals surface area contributed by atoms with Crippen molar-refractivity contribution >= 4 is 11.6 Å². The SMILES string of the molecule is CCc1nn(-c2ccccc2)nc1CCl. The van der Waals surface area contributed by atoms with Gasteiger partial charge in [-0.05, 0) is 18.6 Å². The number of para-hydroxylation sites is 1. The van der Waals surface area contributed by atoms with Crippen molar-refractivity contribution in [1.82, 2.24) is 15.0 Å². The first-order chi connectivity index (χ1) is 7.35. The van der Waals surface area contributed by atoms with Gasteiger partial charge in [0.15, 0.2) is 0 Å². The number of hydrogen-bond acceptors (Lipinski definition) is 2. The Morgan fingerprint density at radius 1 is 1.13 bits per heavy atom. The summed E-state index contributed by atoms with van der Waals surface area (Å²) in [5, 5.41) is 8.73. The van der Waals surface area contributed by atoms with Gasteiger partial charge >= 0.3 is 0 Å². The molecule has 0 aliphatic heterocycles. The van der Waals surface area contributed by atoms with E-state index in [9.17, 15) is 0 Å². The second-order valence-corrected chi connectivity index (χ2v) is 3.47. The topological polar surface area (TPSA) is 30.7 Å². The van der Waals surface area contributed by atoms with Crippen molar-refractivity contribution in [2.45, 2.75) is 19.2 Å². The summed E-state index contributed by atoms with van der Waals surface area (Å²) < 4.78 is 0. The molecule has 4 heteroatoms. The van der Waals surface area contributed by atoms with Crippen molar-refractivity contribution in [2.24, 2.45) is 0 Å². The summed E-state index contributed by atoms with van der Waals surface area (Å²) in [5.74, 6) is 0.413. The molecule has 1 aromatic carbocycles. The molecule has 0 bridgehead atoms. The highest BCUT2D eigenvalue weighted by Crippen LogP contribution is 2.10. The van der Waals surface area contributed by atoms with Crippen molar-refractivity contribution in [2.75, 3.05) is 0 Å². The minimum absolute atomic E-state index is 0.413. The summed E-state index contributed by atoms with van der Waals surface area (Å²) in [5.41, 5.74) is 2.79. The number of rotatable bonds is 3. The third-order valence-corrected chi connectivity index (χ3v) is 2.47. The molecule has 2 aromatic rings. The fourth-order valence-corrected chi connectivity index (χ4v) is 1.63. The standard InChI is InChI=1S/C11H12ClN3/c1-2-10-11(8-12)14-15(13-10)9-6-4-3-5-7-9/h3-7H,2,8H2,1H3. The minimum atomic E-state index is 0.413. The highest BCUT2D eigenvalue weighted by Gasteiger charge is 2.08. The Kier molecular flexibility index (Phi) is 3.02. The second-order valence-electron chi connectivity index (χ2n) is 3.21. The van der Waals surface area contributed by atoms with Crippen LogP contribution in [0.15, 0.2) is 30.3 Å². The van der Waals surface area contributed by atoms with Gasteiger partial charge in [0.05, 0.1) is 17.3 Å². The van der Waals surface area contributed by atoms with Gasteiger partial charge in [-0.25, -0.2) is 0 Å². The average molecular weight is 222 g/mol. The zero-order valence-corrected chi connectivity index (χ0v) is 9.28. The summed E-state index contributed by atoms with van der Waals surface area (Å²) in [6, 6.07) is 9.83. The first kappa shape index (κ1) is 10.2. The van der Waals surface area contributed by atoms with E-state index in [2.05, 4.69) is 17.1 Å². The van der Waals surface area contributed by atoms with Gasteiger partial charge in [-0.15, -0.1) is 11.6 Å². The molecule has 1 aromatic heterocycles. The number of aromatic nitrogens is 3. The molecule has 3 nitrogen and oxygen atoms in total. The molecule has 2 rings (SSSR count). The summed E-state index contributed by atoms with van der Waals surface area (Å²) >= 11 is 5.80. The van der Waals surface area contributed by atoms with Crippen LogP contribution in [0.5, 0.6) is 0 Å². The van der Waals surface area contributed by atoms with Crippen LogP contribution in [0.2, 0.25) is 0 Å². The Morgan fingerprint density at radius 2 is 1.80 bits per heavy atom. The van der Waals surface area contributed by atoms with Gasteiger partial charge in [0, 0.05) is 0 Å². The normalized spacial score (nSPS) is 10.5. The maximum absolute atomic E-state index is 5.80.